The first kappa shape index (κ1) is 10.6. The average molecular weight is 229 g/mol. The molecule has 1 fully saturated rings. The molecule has 1 saturated carbocycles. The van der Waals surface area contributed by atoms with Crippen LogP contribution in [0.1, 0.15) is 38.1 Å². The van der Waals surface area contributed by atoms with Crippen molar-refractivity contribution in [3.05, 3.63) is 12.4 Å². The molecule has 15 heavy (non-hydrogen) atoms. The van der Waals surface area contributed by atoms with E-state index in [-0.39, 0.29) is 4.90 Å². The van der Waals surface area contributed by atoms with Gasteiger partial charge in [0.1, 0.15) is 4.90 Å². The van der Waals surface area contributed by atoms with Crippen LogP contribution in [-0.2, 0) is 10.0 Å². The Morgan fingerprint density at radius 2 is 2.00 bits per heavy atom. The van der Waals surface area contributed by atoms with Gasteiger partial charge in [-0.2, -0.15) is 5.10 Å². The minimum atomic E-state index is -3.60. The molecule has 0 unspecified atom stereocenters. The third kappa shape index (κ3) is 2.38. The fourth-order valence-corrected chi connectivity index (χ4v) is 2.46. The molecule has 0 amide bonds. The van der Waals surface area contributed by atoms with E-state index in [0.29, 0.717) is 6.04 Å². The highest BCUT2D eigenvalue weighted by molar-refractivity contribution is 7.89. The maximum atomic E-state index is 11.1. The smallest absolute Gasteiger partial charge is 0.241 e. The fraction of sp³-hybridized carbons (Fsp3) is 0.667. The van der Waals surface area contributed by atoms with E-state index in [1.54, 1.807) is 4.68 Å². The van der Waals surface area contributed by atoms with Crippen LogP contribution in [0.15, 0.2) is 17.3 Å². The third-order valence-electron chi connectivity index (χ3n) is 2.86. The van der Waals surface area contributed by atoms with Gasteiger partial charge in [0.25, 0.3) is 0 Å². The summed E-state index contributed by atoms with van der Waals surface area (Å²) in [4.78, 5) is 0.105. The molecule has 1 heterocycles. The summed E-state index contributed by atoms with van der Waals surface area (Å²) in [5, 5.41) is 9.08. The first-order valence-electron chi connectivity index (χ1n) is 5.14. The average Bonchev–Trinajstić information content (AvgIpc) is 2.67. The normalized spacial score (nSPS) is 19.3. The minimum Gasteiger partial charge on any atom is -0.268 e. The molecular formula is C9H15N3O2S. The molecule has 6 heteroatoms. The van der Waals surface area contributed by atoms with Gasteiger partial charge in [0.05, 0.1) is 12.2 Å². The lowest BCUT2D eigenvalue weighted by molar-refractivity contribution is 0.329. The zero-order chi connectivity index (χ0) is 10.9. The highest BCUT2D eigenvalue weighted by Crippen LogP contribution is 2.27. The molecule has 0 atom stereocenters. The molecule has 1 aliphatic rings. The Labute approximate surface area is 89.3 Å². The highest BCUT2D eigenvalue weighted by Gasteiger charge is 2.18. The third-order valence-corrected chi connectivity index (χ3v) is 3.72. The van der Waals surface area contributed by atoms with Crippen molar-refractivity contribution in [1.82, 2.24) is 9.78 Å². The Morgan fingerprint density at radius 3 is 2.53 bits per heavy atom. The molecule has 1 aliphatic carbocycles. The molecule has 2 rings (SSSR count). The summed E-state index contributed by atoms with van der Waals surface area (Å²) < 4.78 is 23.8. The van der Waals surface area contributed by atoms with Crippen LogP contribution in [0, 0.1) is 0 Å². The second-order valence-electron chi connectivity index (χ2n) is 3.99. The molecule has 0 saturated heterocycles. The predicted molar refractivity (Wildman–Crippen MR) is 55.7 cm³/mol. The van der Waals surface area contributed by atoms with Gasteiger partial charge in [0, 0.05) is 6.20 Å². The van der Waals surface area contributed by atoms with Crippen LogP contribution in [0.3, 0.4) is 0 Å². The summed E-state index contributed by atoms with van der Waals surface area (Å²) in [5.74, 6) is 0. The number of rotatable bonds is 2. The summed E-state index contributed by atoms with van der Waals surface area (Å²) >= 11 is 0. The van der Waals surface area contributed by atoms with Gasteiger partial charge in [0.2, 0.25) is 10.0 Å². The van der Waals surface area contributed by atoms with Crippen LogP contribution < -0.4 is 5.14 Å². The maximum Gasteiger partial charge on any atom is 0.241 e. The van der Waals surface area contributed by atoms with Crippen LogP contribution in [-0.4, -0.2) is 18.2 Å². The zero-order valence-corrected chi connectivity index (χ0v) is 9.28. The van der Waals surface area contributed by atoms with Gasteiger partial charge in [0.15, 0.2) is 0 Å². The molecular weight excluding hydrogens is 214 g/mol. The highest BCUT2D eigenvalue weighted by atomic mass is 32.2. The number of nitrogens with two attached hydrogens (primary N) is 1. The van der Waals surface area contributed by atoms with Crippen molar-refractivity contribution in [2.24, 2.45) is 5.14 Å². The van der Waals surface area contributed by atoms with Crippen molar-refractivity contribution in [3.63, 3.8) is 0 Å². The Hall–Kier alpha value is -0.880. The van der Waals surface area contributed by atoms with Gasteiger partial charge >= 0.3 is 0 Å². The molecule has 2 N–H and O–H groups in total. The fourth-order valence-electron chi connectivity index (χ4n) is 2.01. The number of hydrogen-bond acceptors (Lipinski definition) is 3. The van der Waals surface area contributed by atoms with Crippen LogP contribution in [0.25, 0.3) is 0 Å². The van der Waals surface area contributed by atoms with Gasteiger partial charge in [-0.25, -0.2) is 13.6 Å². The van der Waals surface area contributed by atoms with Gasteiger partial charge in [-0.3, -0.25) is 4.68 Å². The van der Waals surface area contributed by atoms with Crippen molar-refractivity contribution in [3.8, 4) is 0 Å². The van der Waals surface area contributed by atoms with Crippen LogP contribution in [0.4, 0.5) is 0 Å². The van der Waals surface area contributed by atoms with Crippen molar-refractivity contribution < 1.29 is 8.42 Å². The molecule has 0 bridgehead atoms. The Morgan fingerprint density at radius 1 is 1.33 bits per heavy atom. The van der Waals surface area contributed by atoms with E-state index in [2.05, 4.69) is 5.10 Å². The largest absolute Gasteiger partial charge is 0.268 e. The van der Waals surface area contributed by atoms with E-state index in [1.807, 2.05) is 0 Å². The van der Waals surface area contributed by atoms with E-state index in [9.17, 15) is 8.42 Å². The van der Waals surface area contributed by atoms with E-state index in [0.717, 1.165) is 12.8 Å². The molecule has 0 aromatic carbocycles. The first-order valence-corrected chi connectivity index (χ1v) is 6.69. The standard InChI is InChI=1S/C9H15N3O2S/c10-15(13,14)9-6-11-12(7-9)8-4-2-1-3-5-8/h6-8H,1-5H2,(H2,10,13,14). The van der Waals surface area contributed by atoms with Crippen molar-refractivity contribution in [1.29, 1.82) is 0 Å². The molecule has 84 valence electrons. The van der Waals surface area contributed by atoms with Crippen LogP contribution in [0.2, 0.25) is 0 Å². The van der Waals surface area contributed by atoms with E-state index in [4.69, 9.17) is 5.14 Å². The van der Waals surface area contributed by atoms with E-state index >= 15 is 0 Å². The summed E-state index contributed by atoms with van der Waals surface area (Å²) in [6.07, 6.45) is 8.65. The number of hydrogen-bond donors (Lipinski definition) is 1. The lowest BCUT2D eigenvalue weighted by Crippen LogP contribution is -2.14. The van der Waals surface area contributed by atoms with Crippen molar-refractivity contribution in [2.45, 2.75) is 43.0 Å². The summed E-state index contributed by atoms with van der Waals surface area (Å²) in [6.45, 7) is 0. The lowest BCUT2D eigenvalue weighted by Gasteiger charge is -2.21. The second kappa shape index (κ2) is 3.94. The van der Waals surface area contributed by atoms with Crippen LogP contribution in [0.5, 0.6) is 0 Å². The Bertz CT molecular complexity index is 432. The van der Waals surface area contributed by atoms with Gasteiger partial charge < -0.3 is 0 Å². The van der Waals surface area contributed by atoms with Gasteiger partial charge in [-0.1, -0.05) is 19.3 Å². The number of aromatic nitrogens is 2. The molecule has 5 nitrogen and oxygen atoms in total. The van der Waals surface area contributed by atoms with E-state index in [1.165, 1.54) is 31.7 Å². The topological polar surface area (TPSA) is 78.0 Å². The molecule has 0 radical (unpaired) electrons. The van der Waals surface area contributed by atoms with Gasteiger partial charge in [-0.15, -0.1) is 0 Å². The number of nitrogens with zero attached hydrogens (tertiary/aromatic N) is 2. The SMILES string of the molecule is NS(=O)(=O)c1cnn(C2CCCCC2)c1. The van der Waals surface area contributed by atoms with Crippen molar-refractivity contribution >= 4 is 10.0 Å². The monoisotopic (exact) mass is 229 g/mol. The van der Waals surface area contributed by atoms with Crippen molar-refractivity contribution in [2.75, 3.05) is 0 Å². The summed E-state index contributed by atoms with van der Waals surface area (Å²) in [6, 6.07) is 0.342. The quantitative estimate of drug-likeness (QED) is 0.822. The second-order valence-corrected chi connectivity index (χ2v) is 5.55. The van der Waals surface area contributed by atoms with Crippen LogP contribution >= 0.6 is 0 Å². The number of primary sulfonamides is 1. The molecule has 0 aliphatic heterocycles. The minimum absolute atomic E-state index is 0.105. The Balaban J connectivity index is 2.19. The van der Waals surface area contributed by atoms with Gasteiger partial charge in [-0.05, 0) is 12.8 Å². The zero-order valence-electron chi connectivity index (χ0n) is 8.46. The lowest BCUT2D eigenvalue weighted by atomic mass is 9.96. The molecule has 1 aromatic rings. The predicted octanol–water partition coefficient (Wildman–Crippen LogP) is 1.04. The van der Waals surface area contributed by atoms with E-state index < -0.39 is 10.0 Å². The first-order chi connectivity index (χ1) is 7.07. The summed E-state index contributed by atoms with van der Waals surface area (Å²) in [5.41, 5.74) is 0. The molecule has 0 spiro atoms. The number of sulfonamides is 1. The summed E-state index contributed by atoms with van der Waals surface area (Å²) in [7, 11) is -3.60. The molecule has 1 aromatic heterocycles. The maximum absolute atomic E-state index is 11.1. The Kier molecular flexibility index (Phi) is 2.79.